The molecule has 0 spiro atoms. The molecule has 1 N–H and O–H groups in total. The van der Waals surface area contributed by atoms with Gasteiger partial charge in [-0.3, -0.25) is 0 Å². The van der Waals surface area contributed by atoms with Crippen molar-refractivity contribution < 1.29 is 8.42 Å². The van der Waals surface area contributed by atoms with Crippen LogP contribution in [0, 0.1) is 11.8 Å². The monoisotopic (exact) mass is 315 g/mol. The highest BCUT2D eigenvalue weighted by atomic mass is 32.2. The van der Waals surface area contributed by atoms with Gasteiger partial charge >= 0.3 is 0 Å². The summed E-state index contributed by atoms with van der Waals surface area (Å²) in [6.45, 7) is 7.35. The van der Waals surface area contributed by atoms with Crippen molar-refractivity contribution in [1.82, 2.24) is 5.32 Å². The van der Waals surface area contributed by atoms with E-state index < -0.39 is 9.84 Å². The van der Waals surface area contributed by atoms with Crippen LogP contribution in [0.3, 0.4) is 0 Å². The van der Waals surface area contributed by atoms with E-state index in [2.05, 4.69) is 43.6 Å². The fraction of sp³-hybridized carbons (Fsp3) is 0.733. The Kier molecular flexibility index (Phi) is 4.92. The summed E-state index contributed by atoms with van der Waals surface area (Å²) in [5.74, 6) is 1.45. The molecular weight excluding hydrogens is 290 g/mol. The maximum Gasteiger partial charge on any atom is 0.150 e. The summed E-state index contributed by atoms with van der Waals surface area (Å²) in [4.78, 5) is 1.36. The number of nitrogens with one attached hydrogen (secondary N) is 1. The van der Waals surface area contributed by atoms with Gasteiger partial charge in [-0.2, -0.15) is 0 Å². The van der Waals surface area contributed by atoms with E-state index in [-0.39, 0.29) is 5.54 Å². The maximum atomic E-state index is 11.7. The highest BCUT2D eigenvalue weighted by Crippen LogP contribution is 2.29. The fourth-order valence-corrected chi connectivity index (χ4v) is 5.44. The molecule has 0 radical (unpaired) electrons. The Hall–Kier alpha value is -0.390. The number of thiophene rings is 1. The van der Waals surface area contributed by atoms with Gasteiger partial charge in [0, 0.05) is 10.4 Å². The van der Waals surface area contributed by atoms with Crippen molar-refractivity contribution in [3.63, 3.8) is 0 Å². The summed E-state index contributed by atoms with van der Waals surface area (Å²) in [5, 5.41) is 5.64. The zero-order valence-electron chi connectivity index (χ0n) is 12.6. The molecule has 2 rings (SSSR count). The molecule has 1 aromatic heterocycles. The normalized spacial score (nSPS) is 23.9. The Morgan fingerprint density at radius 3 is 2.70 bits per heavy atom. The minimum absolute atomic E-state index is 0.0746. The molecule has 1 fully saturated rings. The second-order valence-electron chi connectivity index (χ2n) is 6.84. The van der Waals surface area contributed by atoms with Gasteiger partial charge < -0.3 is 5.32 Å². The number of hydrogen-bond donors (Lipinski definition) is 1. The minimum Gasteiger partial charge on any atom is -0.312 e. The lowest BCUT2D eigenvalue weighted by Gasteiger charge is -2.28. The van der Waals surface area contributed by atoms with Crippen LogP contribution in [-0.4, -0.2) is 32.0 Å². The molecule has 0 amide bonds. The van der Waals surface area contributed by atoms with Crippen LogP contribution in [0.25, 0.3) is 0 Å². The van der Waals surface area contributed by atoms with Crippen LogP contribution >= 0.6 is 11.3 Å². The fourth-order valence-electron chi connectivity index (χ4n) is 2.73. The van der Waals surface area contributed by atoms with Crippen LogP contribution in [0.4, 0.5) is 0 Å². The Bertz CT molecular complexity index is 515. The van der Waals surface area contributed by atoms with Gasteiger partial charge in [-0.25, -0.2) is 8.42 Å². The van der Waals surface area contributed by atoms with Gasteiger partial charge in [0.1, 0.15) is 0 Å². The van der Waals surface area contributed by atoms with E-state index in [0.29, 0.717) is 23.3 Å². The quantitative estimate of drug-likeness (QED) is 0.909. The van der Waals surface area contributed by atoms with Crippen molar-refractivity contribution in [1.29, 1.82) is 0 Å². The molecule has 1 aliphatic heterocycles. The molecule has 2 atom stereocenters. The molecule has 20 heavy (non-hydrogen) atoms. The molecule has 0 aliphatic carbocycles. The average Bonchev–Trinajstić information content (AvgIpc) is 2.92. The maximum absolute atomic E-state index is 11.7. The molecule has 0 saturated carbocycles. The van der Waals surface area contributed by atoms with Gasteiger partial charge in [0.15, 0.2) is 9.84 Å². The summed E-state index contributed by atoms with van der Waals surface area (Å²) in [7, 11) is -2.80. The summed E-state index contributed by atoms with van der Waals surface area (Å²) in [6.07, 6.45) is 1.81. The van der Waals surface area contributed by atoms with Crippen LogP contribution in [-0.2, 0) is 16.3 Å². The summed E-state index contributed by atoms with van der Waals surface area (Å²) in [5.41, 5.74) is 0.0746. The molecule has 1 saturated heterocycles. The van der Waals surface area contributed by atoms with E-state index >= 15 is 0 Å². The standard InChI is InChI=1S/C15H25NO2S2/c1-15(2,3)16-10-13(9-14-5-4-7-19-14)12-6-8-20(17,18)11-12/h4-5,7,12-13,16H,6,8-11H2,1-3H3. The highest BCUT2D eigenvalue weighted by molar-refractivity contribution is 7.91. The zero-order valence-corrected chi connectivity index (χ0v) is 14.2. The molecule has 0 bridgehead atoms. The van der Waals surface area contributed by atoms with Crippen molar-refractivity contribution in [2.75, 3.05) is 18.1 Å². The van der Waals surface area contributed by atoms with Gasteiger partial charge in [-0.15, -0.1) is 11.3 Å². The van der Waals surface area contributed by atoms with Crippen molar-refractivity contribution >= 4 is 21.2 Å². The molecule has 5 heteroatoms. The first-order chi connectivity index (χ1) is 9.25. The molecule has 1 aliphatic rings. The summed E-state index contributed by atoms with van der Waals surface area (Å²) >= 11 is 1.77. The van der Waals surface area contributed by atoms with E-state index in [9.17, 15) is 8.42 Å². The number of sulfone groups is 1. The lowest BCUT2D eigenvalue weighted by molar-refractivity contribution is 0.303. The van der Waals surface area contributed by atoms with Crippen LogP contribution in [0.2, 0.25) is 0 Å². The van der Waals surface area contributed by atoms with Gasteiger partial charge in [-0.1, -0.05) is 6.07 Å². The van der Waals surface area contributed by atoms with E-state index in [1.54, 1.807) is 11.3 Å². The Balaban J connectivity index is 2.03. The smallest absolute Gasteiger partial charge is 0.150 e. The lowest BCUT2D eigenvalue weighted by atomic mass is 9.87. The zero-order chi connectivity index (χ0) is 14.8. The average molecular weight is 316 g/mol. The van der Waals surface area contributed by atoms with Gasteiger partial charge in [0.05, 0.1) is 11.5 Å². The first-order valence-electron chi connectivity index (χ1n) is 7.23. The van der Waals surface area contributed by atoms with Crippen LogP contribution in [0.15, 0.2) is 17.5 Å². The molecule has 2 heterocycles. The third-order valence-electron chi connectivity index (χ3n) is 3.87. The van der Waals surface area contributed by atoms with E-state index in [4.69, 9.17) is 0 Å². The first kappa shape index (κ1) is 16.0. The Morgan fingerprint density at radius 2 is 2.20 bits per heavy atom. The molecule has 0 aromatic carbocycles. The van der Waals surface area contributed by atoms with Gasteiger partial charge in [0.25, 0.3) is 0 Å². The highest BCUT2D eigenvalue weighted by Gasteiger charge is 2.34. The van der Waals surface area contributed by atoms with Crippen molar-refractivity contribution in [2.45, 2.75) is 39.2 Å². The molecule has 2 unspecified atom stereocenters. The third kappa shape index (κ3) is 4.86. The first-order valence-corrected chi connectivity index (χ1v) is 9.93. The van der Waals surface area contributed by atoms with E-state index in [1.165, 1.54) is 4.88 Å². The molecular formula is C15H25NO2S2. The van der Waals surface area contributed by atoms with Crippen molar-refractivity contribution in [3.8, 4) is 0 Å². The Morgan fingerprint density at radius 1 is 1.45 bits per heavy atom. The SMILES string of the molecule is CC(C)(C)NCC(Cc1cccs1)C1CCS(=O)(=O)C1. The van der Waals surface area contributed by atoms with E-state index in [1.807, 2.05) is 0 Å². The van der Waals surface area contributed by atoms with Gasteiger partial charge in [-0.05, 0) is 63.4 Å². The summed E-state index contributed by atoms with van der Waals surface area (Å²) in [6, 6.07) is 4.22. The van der Waals surface area contributed by atoms with E-state index in [0.717, 1.165) is 19.4 Å². The molecule has 3 nitrogen and oxygen atoms in total. The third-order valence-corrected chi connectivity index (χ3v) is 6.56. The summed E-state index contributed by atoms with van der Waals surface area (Å²) < 4.78 is 23.5. The Labute approximate surface area is 126 Å². The topological polar surface area (TPSA) is 46.2 Å². The van der Waals surface area contributed by atoms with Crippen LogP contribution < -0.4 is 5.32 Å². The second-order valence-corrected chi connectivity index (χ2v) is 10.1. The number of rotatable bonds is 5. The minimum atomic E-state index is -2.80. The predicted octanol–water partition coefficient (Wildman–Crippen LogP) is 2.73. The second kappa shape index (κ2) is 6.16. The van der Waals surface area contributed by atoms with Crippen molar-refractivity contribution in [3.05, 3.63) is 22.4 Å². The lowest BCUT2D eigenvalue weighted by Crippen LogP contribution is -2.41. The van der Waals surface area contributed by atoms with Gasteiger partial charge in [0.2, 0.25) is 0 Å². The predicted molar refractivity (Wildman–Crippen MR) is 86.0 cm³/mol. The van der Waals surface area contributed by atoms with Crippen LogP contribution in [0.1, 0.15) is 32.1 Å². The number of hydrogen-bond acceptors (Lipinski definition) is 4. The van der Waals surface area contributed by atoms with Crippen LogP contribution in [0.5, 0.6) is 0 Å². The largest absolute Gasteiger partial charge is 0.312 e. The van der Waals surface area contributed by atoms with Crippen molar-refractivity contribution in [2.24, 2.45) is 11.8 Å². The molecule has 1 aromatic rings. The molecule has 114 valence electrons.